The first-order valence-electron chi connectivity index (χ1n) is 13.0. The molecule has 1 aromatic heterocycles. The summed E-state index contributed by atoms with van der Waals surface area (Å²) in [5, 5.41) is 7.07. The third-order valence-electron chi connectivity index (χ3n) is 7.40. The lowest BCUT2D eigenvalue weighted by molar-refractivity contribution is -0.125. The van der Waals surface area contributed by atoms with Crippen LogP contribution in [0.25, 0.3) is 10.9 Å². The van der Waals surface area contributed by atoms with Gasteiger partial charge in [0.1, 0.15) is 5.82 Å². The largest absolute Gasteiger partial charge is 0.370 e. The first-order chi connectivity index (χ1) is 17.5. The molecular weight excluding hydrogens is 450 g/mol. The summed E-state index contributed by atoms with van der Waals surface area (Å²) in [5.74, 6) is 1.10. The Bertz CT molecular complexity index is 1270. The number of anilines is 3. The zero-order chi connectivity index (χ0) is 25.1. The summed E-state index contributed by atoms with van der Waals surface area (Å²) in [5.41, 5.74) is 5.55. The monoisotopic (exact) mass is 485 g/mol. The molecule has 0 bridgehead atoms. The predicted octanol–water partition coefficient (Wildman–Crippen LogP) is 4.29. The van der Waals surface area contributed by atoms with Gasteiger partial charge in [0.05, 0.1) is 5.52 Å². The van der Waals surface area contributed by atoms with E-state index in [-0.39, 0.29) is 17.7 Å². The maximum atomic E-state index is 12.9. The van der Waals surface area contributed by atoms with Crippen LogP contribution in [-0.4, -0.2) is 49.5 Å². The number of rotatable bonds is 6. The molecule has 0 aliphatic carbocycles. The highest BCUT2D eigenvalue weighted by atomic mass is 16.2. The maximum absolute atomic E-state index is 12.9. The van der Waals surface area contributed by atoms with Crippen LogP contribution in [0.2, 0.25) is 0 Å². The molecule has 2 N–H and O–H groups in total. The van der Waals surface area contributed by atoms with Crippen LogP contribution in [0.3, 0.4) is 0 Å². The van der Waals surface area contributed by atoms with Crippen LogP contribution in [0.5, 0.6) is 0 Å². The van der Waals surface area contributed by atoms with E-state index >= 15 is 0 Å². The Morgan fingerprint density at radius 3 is 2.67 bits per heavy atom. The van der Waals surface area contributed by atoms with E-state index in [0.29, 0.717) is 6.54 Å². The zero-order valence-corrected chi connectivity index (χ0v) is 21.2. The van der Waals surface area contributed by atoms with Crippen LogP contribution in [0.4, 0.5) is 17.2 Å². The molecule has 1 saturated heterocycles. The van der Waals surface area contributed by atoms with Gasteiger partial charge in [0, 0.05) is 62.3 Å². The molecule has 0 spiro atoms. The van der Waals surface area contributed by atoms with E-state index in [1.165, 1.54) is 24.6 Å². The molecule has 0 saturated carbocycles. The number of aromatic nitrogens is 1. The summed E-state index contributed by atoms with van der Waals surface area (Å²) in [7, 11) is 0. The fourth-order valence-electron chi connectivity index (χ4n) is 5.49. The third kappa shape index (κ3) is 5.30. The molecule has 36 heavy (non-hydrogen) atoms. The van der Waals surface area contributed by atoms with Gasteiger partial charge in [-0.1, -0.05) is 18.2 Å². The second kappa shape index (κ2) is 10.6. The molecule has 2 aliphatic rings. The Labute approximate surface area is 212 Å². The van der Waals surface area contributed by atoms with Crippen molar-refractivity contribution in [2.24, 2.45) is 5.92 Å². The molecule has 3 heterocycles. The highest BCUT2D eigenvalue weighted by Gasteiger charge is 2.26. The number of nitrogens with one attached hydrogen (secondary N) is 2. The fraction of sp³-hybridized carbons (Fsp3) is 0.414. The van der Waals surface area contributed by atoms with E-state index < -0.39 is 0 Å². The third-order valence-corrected chi connectivity index (χ3v) is 7.40. The van der Waals surface area contributed by atoms with Crippen molar-refractivity contribution < 1.29 is 9.59 Å². The van der Waals surface area contributed by atoms with Gasteiger partial charge < -0.3 is 20.4 Å². The number of piperidine rings is 1. The van der Waals surface area contributed by atoms with Crippen molar-refractivity contribution in [3.05, 3.63) is 59.7 Å². The SMILES string of the molecule is CC(=O)Nc1ccc2nc(N3CCC(C(=O)NCCN4CCCc5ccccc54)CC3)cc(C)c2c1. The second-order valence-corrected chi connectivity index (χ2v) is 9.98. The number of fused-ring (bicyclic) bond motifs is 2. The van der Waals surface area contributed by atoms with E-state index in [1.54, 1.807) is 0 Å². The van der Waals surface area contributed by atoms with Crippen molar-refractivity contribution in [1.29, 1.82) is 0 Å². The number of nitrogens with zero attached hydrogens (tertiary/aromatic N) is 3. The number of para-hydroxylation sites is 1. The maximum Gasteiger partial charge on any atom is 0.223 e. The molecule has 5 rings (SSSR count). The molecule has 0 radical (unpaired) electrons. The molecule has 0 unspecified atom stereocenters. The smallest absolute Gasteiger partial charge is 0.223 e. The molecule has 0 atom stereocenters. The zero-order valence-electron chi connectivity index (χ0n) is 21.2. The first kappa shape index (κ1) is 24.1. The Balaban J connectivity index is 1.14. The fourth-order valence-corrected chi connectivity index (χ4v) is 5.49. The molecule has 1 fully saturated rings. The summed E-state index contributed by atoms with van der Waals surface area (Å²) < 4.78 is 0. The highest BCUT2D eigenvalue weighted by Crippen LogP contribution is 2.29. The Kier molecular flexibility index (Phi) is 7.07. The number of carbonyl (C=O) groups is 2. The summed E-state index contributed by atoms with van der Waals surface area (Å²) in [6.07, 6.45) is 3.97. The molecular formula is C29H35N5O2. The minimum absolute atomic E-state index is 0.0525. The van der Waals surface area contributed by atoms with Crippen LogP contribution in [0.15, 0.2) is 48.5 Å². The van der Waals surface area contributed by atoms with Crippen molar-refractivity contribution in [2.75, 3.05) is 47.8 Å². The van der Waals surface area contributed by atoms with Crippen LogP contribution >= 0.6 is 0 Å². The van der Waals surface area contributed by atoms with Crippen LogP contribution in [-0.2, 0) is 16.0 Å². The molecule has 7 heteroatoms. The summed E-state index contributed by atoms with van der Waals surface area (Å²) >= 11 is 0. The number of amides is 2. The van der Waals surface area contributed by atoms with E-state index in [2.05, 4.69) is 57.7 Å². The van der Waals surface area contributed by atoms with Gasteiger partial charge in [0.25, 0.3) is 0 Å². The van der Waals surface area contributed by atoms with Gasteiger partial charge in [0.15, 0.2) is 0 Å². The van der Waals surface area contributed by atoms with Gasteiger partial charge in [-0.2, -0.15) is 0 Å². The number of aryl methyl sites for hydroxylation is 2. The lowest BCUT2D eigenvalue weighted by atomic mass is 9.95. The average molecular weight is 486 g/mol. The average Bonchev–Trinajstić information content (AvgIpc) is 2.89. The number of benzene rings is 2. The molecule has 2 amide bonds. The van der Waals surface area contributed by atoms with Crippen LogP contribution in [0, 0.1) is 12.8 Å². The van der Waals surface area contributed by atoms with Crippen molar-refractivity contribution >= 4 is 39.9 Å². The summed E-state index contributed by atoms with van der Waals surface area (Å²) in [4.78, 5) is 33.8. The van der Waals surface area contributed by atoms with Crippen molar-refractivity contribution in [3.63, 3.8) is 0 Å². The van der Waals surface area contributed by atoms with E-state index in [0.717, 1.165) is 73.4 Å². The molecule has 2 aromatic carbocycles. The number of carbonyl (C=O) groups excluding carboxylic acids is 2. The number of pyridine rings is 1. The van der Waals surface area contributed by atoms with Gasteiger partial charge in [-0.3, -0.25) is 9.59 Å². The standard InChI is InChI=1S/C29H35N5O2/c1-20-18-28(32-26-10-9-24(19-25(20)26)31-21(2)35)34-15-11-23(12-16-34)29(36)30-13-17-33-14-5-7-22-6-3-4-8-27(22)33/h3-4,6,8-10,18-19,23H,5,7,11-17H2,1-2H3,(H,30,36)(H,31,35). The first-order valence-corrected chi connectivity index (χ1v) is 13.0. The molecule has 7 nitrogen and oxygen atoms in total. The quantitative estimate of drug-likeness (QED) is 0.545. The second-order valence-electron chi connectivity index (χ2n) is 9.98. The minimum Gasteiger partial charge on any atom is -0.370 e. The lowest BCUT2D eigenvalue weighted by Gasteiger charge is -2.33. The normalized spacial score (nSPS) is 16.1. The van der Waals surface area contributed by atoms with Crippen LogP contribution in [0.1, 0.15) is 37.3 Å². The van der Waals surface area contributed by atoms with Gasteiger partial charge in [-0.05, 0) is 74.1 Å². The highest BCUT2D eigenvalue weighted by molar-refractivity contribution is 5.93. The lowest BCUT2D eigenvalue weighted by Crippen LogP contribution is -2.43. The van der Waals surface area contributed by atoms with Crippen molar-refractivity contribution in [3.8, 4) is 0 Å². The number of hydrogen-bond acceptors (Lipinski definition) is 5. The topological polar surface area (TPSA) is 77.6 Å². The molecule has 188 valence electrons. The van der Waals surface area contributed by atoms with E-state index in [4.69, 9.17) is 4.98 Å². The van der Waals surface area contributed by atoms with E-state index in [9.17, 15) is 9.59 Å². The Morgan fingerprint density at radius 1 is 1.06 bits per heavy atom. The van der Waals surface area contributed by atoms with Crippen LogP contribution < -0.4 is 20.4 Å². The van der Waals surface area contributed by atoms with Gasteiger partial charge in [0.2, 0.25) is 11.8 Å². The van der Waals surface area contributed by atoms with Gasteiger partial charge in [-0.25, -0.2) is 4.98 Å². The molecule has 3 aromatic rings. The van der Waals surface area contributed by atoms with E-state index in [1.807, 2.05) is 18.2 Å². The van der Waals surface area contributed by atoms with Crippen molar-refractivity contribution in [1.82, 2.24) is 10.3 Å². The predicted molar refractivity (Wildman–Crippen MR) is 146 cm³/mol. The van der Waals surface area contributed by atoms with Crippen molar-refractivity contribution in [2.45, 2.75) is 39.5 Å². The molecule has 2 aliphatic heterocycles. The Hall–Kier alpha value is -3.61. The Morgan fingerprint density at radius 2 is 1.86 bits per heavy atom. The van der Waals surface area contributed by atoms with Gasteiger partial charge in [-0.15, -0.1) is 0 Å². The number of hydrogen-bond donors (Lipinski definition) is 2. The summed E-state index contributed by atoms with van der Waals surface area (Å²) in [6.45, 7) is 7.81. The van der Waals surface area contributed by atoms with Gasteiger partial charge >= 0.3 is 0 Å². The minimum atomic E-state index is -0.0830. The summed E-state index contributed by atoms with van der Waals surface area (Å²) in [6, 6.07) is 16.5.